The maximum Gasteiger partial charge on any atom is 0.307 e. The van der Waals surface area contributed by atoms with Crippen molar-refractivity contribution >= 4 is 33.4 Å². The minimum atomic E-state index is -3.62. The van der Waals surface area contributed by atoms with Gasteiger partial charge in [-0.25, -0.2) is 12.7 Å². The van der Waals surface area contributed by atoms with Crippen molar-refractivity contribution in [1.82, 2.24) is 9.62 Å². The molecule has 2 unspecified atom stereocenters. The standard InChI is InChI=1S/C23H35N3O7S/c1-4-32-19(28)6-10-24-20(29)17-14-22(33-25-17)8-11-26(12-9-22)34(30,31)15-23-7-5-16(13-18(23)27)21(23,2)3/h16H,4-15H2,1-3H3,(H,24,29). The van der Waals surface area contributed by atoms with Crippen molar-refractivity contribution in [1.29, 1.82) is 0 Å². The Morgan fingerprint density at radius 1 is 1.24 bits per heavy atom. The fourth-order valence-corrected chi connectivity index (χ4v) is 8.43. The van der Waals surface area contributed by atoms with Crippen molar-refractivity contribution in [2.75, 3.05) is 32.0 Å². The number of Topliss-reactive ketones (excluding diaryl/α,β-unsaturated/α-hetero) is 1. The van der Waals surface area contributed by atoms with Gasteiger partial charge in [-0.05, 0) is 31.1 Å². The van der Waals surface area contributed by atoms with Gasteiger partial charge in [-0.2, -0.15) is 0 Å². The molecule has 0 radical (unpaired) electrons. The fourth-order valence-electron chi connectivity index (χ4n) is 6.21. The molecular formula is C23H35N3O7S. The van der Waals surface area contributed by atoms with Crippen molar-refractivity contribution in [2.45, 2.75) is 71.3 Å². The van der Waals surface area contributed by atoms with Gasteiger partial charge < -0.3 is 14.9 Å². The summed E-state index contributed by atoms with van der Waals surface area (Å²) >= 11 is 0. The first kappa shape index (κ1) is 25.1. The molecule has 34 heavy (non-hydrogen) atoms. The normalized spacial score (nSPS) is 29.7. The number of esters is 1. The smallest absolute Gasteiger partial charge is 0.307 e. The molecule has 0 aromatic heterocycles. The summed E-state index contributed by atoms with van der Waals surface area (Å²) in [6.45, 7) is 6.77. The third kappa shape index (κ3) is 4.25. The molecule has 4 aliphatic rings. The minimum Gasteiger partial charge on any atom is -0.466 e. The third-order valence-electron chi connectivity index (χ3n) is 8.62. The fraction of sp³-hybridized carbons (Fsp3) is 0.826. The molecule has 0 aromatic rings. The highest BCUT2D eigenvalue weighted by Gasteiger charge is 2.65. The Morgan fingerprint density at radius 3 is 2.53 bits per heavy atom. The van der Waals surface area contributed by atoms with Crippen molar-refractivity contribution in [3.05, 3.63) is 0 Å². The molecule has 2 bridgehead atoms. The first-order chi connectivity index (χ1) is 15.9. The van der Waals surface area contributed by atoms with Crippen LogP contribution in [0.3, 0.4) is 0 Å². The number of hydrogen-bond acceptors (Lipinski definition) is 8. The maximum atomic E-state index is 13.4. The molecular weight excluding hydrogens is 462 g/mol. The average Bonchev–Trinajstić information content (AvgIpc) is 3.34. The van der Waals surface area contributed by atoms with Crippen LogP contribution in [0.1, 0.15) is 65.7 Å². The Hall–Kier alpha value is -2.01. The summed E-state index contributed by atoms with van der Waals surface area (Å²) in [7, 11) is -3.62. The summed E-state index contributed by atoms with van der Waals surface area (Å²) in [6, 6.07) is 0. The van der Waals surface area contributed by atoms with Crippen molar-refractivity contribution < 1.29 is 32.4 Å². The SMILES string of the molecule is CCOC(=O)CCNC(=O)C1=NOC2(CCN(S(=O)(=O)CC34CCC(CC3=O)C4(C)C)CC2)C1. The largest absolute Gasteiger partial charge is 0.466 e. The van der Waals surface area contributed by atoms with Crippen LogP contribution in [0, 0.1) is 16.7 Å². The van der Waals surface area contributed by atoms with Crippen LogP contribution in [-0.4, -0.2) is 73.7 Å². The molecule has 2 saturated carbocycles. The van der Waals surface area contributed by atoms with E-state index < -0.39 is 26.9 Å². The Kier molecular flexibility index (Phi) is 6.56. The number of fused-ring (bicyclic) bond motifs is 2. The zero-order chi connectivity index (χ0) is 24.8. The number of rotatable bonds is 8. The Morgan fingerprint density at radius 2 is 1.94 bits per heavy atom. The van der Waals surface area contributed by atoms with E-state index in [1.165, 1.54) is 4.31 Å². The predicted molar refractivity (Wildman–Crippen MR) is 123 cm³/mol. The number of nitrogens with one attached hydrogen (secondary N) is 1. The average molecular weight is 498 g/mol. The highest BCUT2D eigenvalue weighted by molar-refractivity contribution is 7.89. The number of nitrogens with zero attached hydrogens (tertiary/aromatic N) is 2. The van der Waals surface area contributed by atoms with E-state index in [-0.39, 0.29) is 67.2 Å². The number of amides is 1. The number of piperidine rings is 1. The molecule has 0 aromatic carbocycles. The van der Waals surface area contributed by atoms with Crippen molar-refractivity contribution in [3.63, 3.8) is 0 Å². The molecule has 1 N–H and O–H groups in total. The second kappa shape index (κ2) is 8.89. The zero-order valence-corrected chi connectivity index (χ0v) is 21.0. The number of hydrogen-bond donors (Lipinski definition) is 1. The van der Waals surface area contributed by atoms with E-state index in [0.29, 0.717) is 32.1 Å². The van der Waals surface area contributed by atoms with E-state index in [1.54, 1.807) is 6.92 Å². The minimum absolute atomic E-state index is 0.0766. The second-order valence-corrected chi connectivity index (χ2v) is 12.6. The lowest BCUT2D eigenvalue weighted by atomic mass is 9.70. The lowest BCUT2D eigenvalue weighted by Gasteiger charge is -2.40. The second-order valence-electron chi connectivity index (χ2n) is 10.6. The molecule has 10 nitrogen and oxygen atoms in total. The molecule has 3 fully saturated rings. The molecule has 1 amide bonds. The van der Waals surface area contributed by atoms with Crippen molar-refractivity contribution in [3.8, 4) is 0 Å². The van der Waals surface area contributed by atoms with Gasteiger partial charge in [0.25, 0.3) is 5.91 Å². The highest BCUT2D eigenvalue weighted by atomic mass is 32.2. The summed E-state index contributed by atoms with van der Waals surface area (Å²) in [5, 5.41) is 6.60. The summed E-state index contributed by atoms with van der Waals surface area (Å²) < 4.78 is 33.0. The van der Waals surface area contributed by atoms with Crippen molar-refractivity contribution in [2.24, 2.45) is 21.9 Å². The molecule has 2 atom stereocenters. The Bertz CT molecular complexity index is 998. The number of carbonyl (C=O) groups is 3. The molecule has 1 saturated heterocycles. The van der Waals surface area contributed by atoms with Crippen LogP contribution in [0.15, 0.2) is 5.16 Å². The van der Waals surface area contributed by atoms with Gasteiger partial charge in [0.15, 0.2) is 0 Å². The maximum absolute atomic E-state index is 13.4. The lowest BCUT2D eigenvalue weighted by Crippen LogP contribution is -2.51. The lowest BCUT2D eigenvalue weighted by molar-refractivity contribution is -0.143. The Labute approximate surface area is 200 Å². The molecule has 190 valence electrons. The van der Waals surface area contributed by atoms with Gasteiger partial charge in [0, 0.05) is 50.7 Å². The summed E-state index contributed by atoms with van der Waals surface area (Å²) in [5.74, 6) is -0.538. The quantitative estimate of drug-likeness (QED) is 0.501. The van der Waals surface area contributed by atoms with Crippen LogP contribution < -0.4 is 5.32 Å². The first-order valence-corrected chi connectivity index (χ1v) is 13.8. The van der Waals surface area contributed by atoms with Gasteiger partial charge in [0.1, 0.15) is 17.1 Å². The van der Waals surface area contributed by atoms with Gasteiger partial charge in [0.2, 0.25) is 10.0 Å². The first-order valence-electron chi connectivity index (χ1n) is 12.1. The van der Waals surface area contributed by atoms with Gasteiger partial charge >= 0.3 is 5.97 Å². The van der Waals surface area contributed by atoms with Crippen LogP contribution in [-0.2, 0) is 34.0 Å². The van der Waals surface area contributed by atoms with Gasteiger partial charge in [-0.1, -0.05) is 19.0 Å². The third-order valence-corrected chi connectivity index (χ3v) is 10.6. The molecule has 2 heterocycles. The number of oxime groups is 1. The van der Waals surface area contributed by atoms with E-state index in [4.69, 9.17) is 9.57 Å². The van der Waals surface area contributed by atoms with Gasteiger partial charge in [0.05, 0.1) is 18.8 Å². The number of ketones is 1. The van der Waals surface area contributed by atoms with Gasteiger partial charge in [-0.15, -0.1) is 0 Å². The van der Waals surface area contributed by atoms with Crippen LogP contribution in [0.2, 0.25) is 0 Å². The number of sulfonamides is 1. The molecule has 2 aliphatic carbocycles. The molecule has 4 rings (SSSR count). The number of carbonyl (C=O) groups excluding carboxylic acids is 3. The monoisotopic (exact) mass is 497 g/mol. The Balaban J connectivity index is 1.30. The molecule has 11 heteroatoms. The topological polar surface area (TPSA) is 131 Å². The summed E-state index contributed by atoms with van der Waals surface area (Å²) in [6.07, 6.45) is 3.25. The van der Waals surface area contributed by atoms with E-state index in [0.717, 1.165) is 6.42 Å². The van der Waals surface area contributed by atoms with Gasteiger partial charge in [-0.3, -0.25) is 14.4 Å². The van der Waals surface area contributed by atoms with Crippen LogP contribution in [0.25, 0.3) is 0 Å². The summed E-state index contributed by atoms with van der Waals surface area (Å²) in [4.78, 5) is 42.2. The van der Waals surface area contributed by atoms with E-state index in [2.05, 4.69) is 10.5 Å². The van der Waals surface area contributed by atoms with Crippen LogP contribution >= 0.6 is 0 Å². The highest BCUT2D eigenvalue weighted by Crippen LogP contribution is 2.64. The van der Waals surface area contributed by atoms with E-state index in [1.807, 2.05) is 13.8 Å². The van der Waals surface area contributed by atoms with E-state index >= 15 is 0 Å². The van der Waals surface area contributed by atoms with Crippen LogP contribution in [0.4, 0.5) is 0 Å². The van der Waals surface area contributed by atoms with E-state index in [9.17, 15) is 22.8 Å². The summed E-state index contributed by atoms with van der Waals surface area (Å²) in [5.41, 5.74) is -1.53. The van der Waals surface area contributed by atoms with Crippen LogP contribution in [0.5, 0.6) is 0 Å². The molecule has 1 spiro atoms. The zero-order valence-electron chi connectivity index (χ0n) is 20.2. The predicted octanol–water partition coefficient (Wildman–Crippen LogP) is 1.39. The molecule has 2 aliphatic heterocycles. The number of ether oxygens (including phenoxy) is 1.